The van der Waals surface area contributed by atoms with Crippen LogP contribution in [-0.4, -0.2) is 59.1 Å². The summed E-state index contributed by atoms with van der Waals surface area (Å²) >= 11 is 1.89. The van der Waals surface area contributed by atoms with Crippen molar-refractivity contribution < 1.29 is 14.7 Å². The fourth-order valence-corrected chi connectivity index (χ4v) is 4.27. The van der Waals surface area contributed by atoms with Crippen LogP contribution < -0.4 is 5.32 Å². The second kappa shape index (κ2) is 7.49. The number of rotatable bonds is 5. The van der Waals surface area contributed by atoms with Crippen molar-refractivity contribution >= 4 is 23.6 Å². The number of hydrogen-bond acceptors (Lipinski definition) is 4. The highest BCUT2D eigenvalue weighted by Crippen LogP contribution is 2.36. The van der Waals surface area contributed by atoms with Crippen LogP contribution in [0.2, 0.25) is 0 Å². The van der Waals surface area contributed by atoms with E-state index in [0.29, 0.717) is 38.8 Å². The molecular weight excluding hydrogens is 288 g/mol. The van der Waals surface area contributed by atoms with Crippen molar-refractivity contribution in [1.82, 2.24) is 10.2 Å². The van der Waals surface area contributed by atoms with Crippen LogP contribution in [0.25, 0.3) is 0 Å². The van der Waals surface area contributed by atoms with Crippen molar-refractivity contribution in [1.29, 1.82) is 0 Å². The Kier molecular flexibility index (Phi) is 5.93. The number of carbonyl (C=O) groups is 2. The Balaban J connectivity index is 1.84. The number of carbonyl (C=O) groups excluding carboxylic acids is 1. The van der Waals surface area contributed by atoms with Gasteiger partial charge in [-0.3, -0.25) is 9.59 Å². The number of likely N-dealkylation sites (tertiary alicyclic amines) is 1. The van der Waals surface area contributed by atoms with Gasteiger partial charge in [0.1, 0.15) is 0 Å². The molecule has 0 aromatic heterocycles. The highest BCUT2D eigenvalue weighted by Gasteiger charge is 2.41. The zero-order valence-electron chi connectivity index (χ0n) is 12.8. The second-order valence-corrected chi connectivity index (χ2v) is 7.30. The van der Waals surface area contributed by atoms with Gasteiger partial charge in [0.05, 0.1) is 5.41 Å². The van der Waals surface area contributed by atoms with Crippen LogP contribution in [0.4, 0.5) is 0 Å². The SMILES string of the molecule is CCCC1(C(=O)O)CCN(C(=O)CC2CSCCN2)CC1. The number of aliphatic carboxylic acids is 1. The molecule has 0 radical (unpaired) electrons. The van der Waals surface area contributed by atoms with Gasteiger partial charge in [0.25, 0.3) is 0 Å². The fourth-order valence-electron chi connectivity index (χ4n) is 3.32. The van der Waals surface area contributed by atoms with Gasteiger partial charge in [0.15, 0.2) is 0 Å². The Morgan fingerprint density at radius 1 is 1.38 bits per heavy atom. The molecule has 0 saturated carbocycles. The summed E-state index contributed by atoms with van der Waals surface area (Å²) in [6.45, 7) is 4.17. The number of piperidine rings is 1. The van der Waals surface area contributed by atoms with Gasteiger partial charge in [-0.05, 0) is 19.3 Å². The Morgan fingerprint density at radius 3 is 2.62 bits per heavy atom. The Labute approximate surface area is 130 Å². The van der Waals surface area contributed by atoms with Crippen molar-refractivity contribution in [3.63, 3.8) is 0 Å². The van der Waals surface area contributed by atoms with Crippen LogP contribution in [-0.2, 0) is 9.59 Å². The average Bonchev–Trinajstić information content (AvgIpc) is 2.49. The molecule has 21 heavy (non-hydrogen) atoms. The predicted molar refractivity (Wildman–Crippen MR) is 84.5 cm³/mol. The predicted octanol–water partition coefficient (Wildman–Crippen LogP) is 1.58. The lowest BCUT2D eigenvalue weighted by Crippen LogP contribution is -2.48. The fraction of sp³-hybridized carbons (Fsp3) is 0.867. The number of nitrogens with one attached hydrogen (secondary N) is 1. The van der Waals surface area contributed by atoms with E-state index >= 15 is 0 Å². The minimum Gasteiger partial charge on any atom is -0.481 e. The highest BCUT2D eigenvalue weighted by molar-refractivity contribution is 7.99. The number of thioether (sulfide) groups is 1. The third-order valence-electron chi connectivity index (χ3n) is 4.67. The van der Waals surface area contributed by atoms with Crippen LogP contribution in [0.1, 0.15) is 39.0 Å². The first-order valence-corrected chi connectivity index (χ1v) is 9.05. The molecule has 5 nitrogen and oxygen atoms in total. The number of carboxylic acids is 1. The summed E-state index contributed by atoms with van der Waals surface area (Å²) in [6, 6.07) is 0.276. The van der Waals surface area contributed by atoms with Gasteiger partial charge in [-0.25, -0.2) is 0 Å². The lowest BCUT2D eigenvalue weighted by molar-refractivity contribution is -0.155. The topological polar surface area (TPSA) is 69.6 Å². The molecule has 2 aliphatic rings. The molecule has 2 saturated heterocycles. The van der Waals surface area contributed by atoms with Crippen molar-refractivity contribution in [2.24, 2.45) is 5.41 Å². The molecule has 0 spiro atoms. The number of hydrogen-bond donors (Lipinski definition) is 2. The summed E-state index contributed by atoms with van der Waals surface area (Å²) < 4.78 is 0. The maximum absolute atomic E-state index is 12.3. The molecule has 0 aliphatic carbocycles. The molecule has 2 rings (SSSR count). The summed E-state index contributed by atoms with van der Waals surface area (Å²) in [6.07, 6.45) is 3.32. The first kappa shape index (κ1) is 16.6. The molecule has 1 atom stereocenters. The van der Waals surface area contributed by atoms with Crippen molar-refractivity contribution in [2.45, 2.75) is 45.1 Å². The quantitative estimate of drug-likeness (QED) is 0.806. The molecule has 6 heteroatoms. The minimum absolute atomic E-state index is 0.172. The van der Waals surface area contributed by atoms with Crippen LogP contribution in [0.3, 0.4) is 0 Å². The minimum atomic E-state index is -0.693. The van der Waals surface area contributed by atoms with E-state index < -0.39 is 11.4 Å². The lowest BCUT2D eigenvalue weighted by atomic mass is 9.75. The number of carboxylic acid groups (broad SMARTS) is 1. The summed E-state index contributed by atoms with van der Waals surface area (Å²) in [5.74, 6) is 1.59. The van der Waals surface area contributed by atoms with Crippen molar-refractivity contribution in [3.8, 4) is 0 Å². The first-order chi connectivity index (χ1) is 10.1. The third-order valence-corrected chi connectivity index (χ3v) is 5.81. The molecule has 120 valence electrons. The van der Waals surface area contributed by atoms with Gasteiger partial charge in [0.2, 0.25) is 5.91 Å². The van der Waals surface area contributed by atoms with Gasteiger partial charge in [0, 0.05) is 43.6 Å². The highest BCUT2D eigenvalue weighted by atomic mass is 32.2. The summed E-state index contributed by atoms with van der Waals surface area (Å²) in [7, 11) is 0. The van der Waals surface area contributed by atoms with E-state index in [9.17, 15) is 14.7 Å². The van der Waals surface area contributed by atoms with Crippen LogP contribution in [0, 0.1) is 5.41 Å². The molecule has 2 N–H and O–H groups in total. The summed E-state index contributed by atoms with van der Waals surface area (Å²) in [4.78, 5) is 25.7. The van der Waals surface area contributed by atoms with Gasteiger partial charge in [-0.2, -0.15) is 11.8 Å². The zero-order valence-corrected chi connectivity index (χ0v) is 13.6. The van der Waals surface area contributed by atoms with E-state index in [4.69, 9.17) is 0 Å². The molecule has 1 amide bonds. The Bertz CT molecular complexity index is 375. The molecule has 1 unspecified atom stereocenters. The molecule has 2 aliphatic heterocycles. The van der Waals surface area contributed by atoms with E-state index in [0.717, 1.165) is 24.5 Å². The van der Waals surface area contributed by atoms with E-state index in [1.807, 2.05) is 23.6 Å². The van der Waals surface area contributed by atoms with E-state index in [-0.39, 0.29) is 11.9 Å². The summed E-state index contributed by atoms with van der Waals surface area (Å²) in [5.41, 5.74) is -0.607. The van der Waals surface area contributed by atoms with Gasteiger partial charge >= 0.3 is 5.97 Å². The van der Waals surface area contributed by atoms with Gasteiger partial charge in [-0.15, -0.1) is 0 Å². The zero-order chi connectivity index (χ0) is 15.3. The number of nitrogens with zero attached hydrogens (tertiary/aromatic N) is 1. The third kappa shape index (κ3) is 4.13. The maximum atomic E-state index is 12.3. The van der Waals surface area contributed by atoms with Gasteiger partial charge < -0.3 is 15.3 Å². The van der Waals surface area contributed by atoms with E-state index in [2.05, 4.69) is 5.32 Å². The normalized spacial score (nSPS) is 25.6. The van der Waals surface area contributed by atoms with Gasteiger partial charge in [-0.1, -0.05) is 13.3 Å². The molecule has 0 aromatic carbocycles. The summed E-state index contributed by atoms with van der Waals surface area (Å²) in [5, 5.41) is 12.9. The van der Waals surface area contributed by atoms with Crippen molar-refractivity contribution in [3.05, 3.63) is 0 Å². The van der Waals surface area contributed by atoms with E-state index in [1.54, 1.807) is 0 Å². The molecule has 2 fully saturated rings. The smallest absolute Gasteiger partial charge is 0.309 e. The van der Waals surface area contributed by atoms with Crippen LogP contribution in [0.5, 0.6) is 0 Å². The lowest BCUT2D eigenvalue weighted by Gasteiger charge is -2.39. The monoisotopic (exact) mass is 314 g/mol. The van der Waals surface area contributed by atoms with Crippen molar-refractivity contribution in [2.75, 3.05) is 31.1 Å². The standard InChI is InChI=1S/C15H26N2O3S/c1-2-3-15(14(19)20)4-7-17(8-5-15)13(18)10-12-11-21-9-6-16-12/h12,16H,2-11H2,1H3,(H,19,20). The largest absolute Gasteiger partial charge is 0.481 e. The first-order valence-electron chi connectivity index (χ1n) is 7.90. The molecule has 0 aromatic rings. The van der Waals surface area contributed by atoms with Crippen LogP contribution >= 0.6 is 11.8 Å². The Morgan fingerprint density at radius 2 is 2.10 bits per heavy atom. The molecule has 0 bridgehead atoms. The second-order valence-electron chi connectivity index (χ2n) is 6.15. The maximum Gasteiger partial charge on any atom is 0.309 e. The van der Waals surface area contributed by atoms with E-state index in [1.165, 1.54) is 0 Å². The van der Waals surface area contributed by atoms with Crippen LogP contribution in [0.15, 0.2) is 0 Å². The molecule has 2 heterocycles. The number of amides is 1. The molecular formula is C15H26N2O3S. The average molecular weight is 314 g/mol. The Hall–Kier alpha value is -0.750.